The van der Waals surface area contributed by atoms with Crippen molar-refractivity contribution < 1.29 is 22.7 Å². The highest BCUT2D eigenvalue weighted by Gasteiger charge is 2.31. The van der Waals surface area contributed by atoms with Gasteiger partial charge in [0.15, 0.2) is 0 Å². The van der Waals surface area contributed by atoms with Crippen molar-refractivity contribution in [1.29, 1.82) is 0 Å². The number of anilines is 1. The summed E-state index contributed by atoms with van der Waals surface area (Å²) in [4.78, 5) is 28.3. The minimum Gasteiger partial charge on any atom is -0.497 e. The molecule has 0 aliphatic heterocycles. The topological polar surface area (TPSA) is 96.0 Å². The molecule has 1 N–H and O–H groups in total. The van der Waals surface area contributed by atoms with E-state index in [9.17, 15) is 18.0 Å². The van der Waals surface area contributed by atoms with E-state index < -0.39 is 28.5 Å². The minimum atomic E-state index is -3.89. The molecule has 3 rings (SSSR count). The summed E-state index contributed by atoms with van der Waals surface area (Å²) in [7, 11) is -2.33. The average Bonchev–Trinajstić information content (AvgIpc) is 2.86. The summed E-state index contributed by atoms with van der Waals surface area (Å²) in [5.74, 6) is -0.159. The first-order chi connectivity index (χ1) is 17.5. The molecule has 2 aromatic rings. The lowest BCUT2D eigenvalue weighted by Gasteiger charge is -2.33. The number of nitrogens with zero attached hydrogens (tertiary/aromatic N) is 2. The smallest absolute Gasteiger partial charge is 0.244 e. The van der Waals surface area contributed by atoms with Gasteiger partial charge in [-0.15, -0.1) is 0 Å². The Balaban J connectivity index is 1.89. The average molecular weight is 571 g/mol. The van der Waals surface area contributed by atoms with Crippen molar-refractivity contribution in [2.75, 3.05) is 24.2 Å². The van der Waals surface area contributed by atoms with E-state index in [0.29, 0.717) is 10.8 Å². The molecule has 0 radical (unpaired) electrons. The van der Waals surface area contributed by atoms with Gasteiger partial charge in [0, 0.05) is 17.6 Å². The fraction of sp³-hybridized carbons (Fsp3) is 0.462. The second-order valence-electron chi connectivity index (χ2n) is 9.25. The summed E-state index contributed by atoms with van der Waals surface area (Å²) >= 11 is 12.3. The van der Waals surface area contributed by atoms with Crippen LogP contribution in [0.3, 0.4) is 0 Å². The molecular weight excluding hydrogens is 537 g/mol. The number of methoxy groups -OCH3 is 1. The van der Waals surface area contributed by atoms with E-state index in [2.05, 4.69) is 5.32 Å². The molecule has 0 spiro atoms. The highest BCUT2D eigenvalue weighted by atomic mass is 35.5. The van der Waals surface area contributed by atoms with Crippen molar-refractivity contribution in [3.63, 3.8) is 0 Å². The molecule has 0 unspecified atom stereocenters. The number of amides is 2. The zero-order valence-electron chi connectivity index (χ0n) is 21.2. The molecule has 0 saturated heterocycles. The number of sulfonamides is 1. The monoisotopic (exact) mass is 569 g/mol. The van der Waals surface area contributed by atoms with E-state index in [0.717, 1.165) is 48.2 Å². The zero-order valence-corrected chi connectivity index (χ0v) is 23.6. The Morgan fingerprint density at radius 3 is 2.30 bits per heavy atom. The van der Waals surface area contributed by atoms with Gasteiger partial charge < -0.3 is 15.0 Å². The lowest BCUT2D eigenvalue weighted by molar-refractivity contribution is -0.139. The van der Waals surface area contributed by atoms with Crippen molar-refractivity contribution in [3.05, 3.63) is 58.1 Å². The van der Waals surface area contributed by atoms with E-state index in [1.807, 2.05) is 0 Å². The molecule has 1 saturated carbocycles. The van der Waals surface area contributed by atoms with E-state index in [1.54, 1.807) is 38.3 Å². The fourth-order valence-corrected chi connectivity index (χ4v) is 5.78. The van der Waals surface area contributed by atoms with Crippen LogP contribution in [-0.2, 0) is 26.2 Å². The zero-order chi connectivity index (χ0) is 27.2. The number of benzene rings is 2. The normalized spacial score (nSPS) is 15.1. The molecule has 202 valence electrons. The summed E-state index contributed by atoms with van der Waals surface area (Å²) in [5, 5.41) is 3.50. The highest BCUT2D eigenvalue weighted by Crippen LogP contribution is 2.30. The number of hydrogen-bond acceptors (Lipinski definition) is 5. The number of nitrogens with one attached hydrogen (secondary N) is 1. The third-order valence-electron chi connectivity index (χ3n) is 6.49. The summed E-state index contributed by atoms with van der Waals surface area (Å²) in [6.07, 6.45) is 6.07. The van der Waals surface area contributed by atoms with Crippen LogP contribution in [0.1, 0.15) is 44.6 Å². The molecule has 1 fully saturated rings. The van der Waals surface area contributed by atoms with E-state index in [-0.39, 0.29) is 29.2 Å². The van der Waals surface area contributed by atoms with E-state index >= 15 is 0 Å². The first-order valence-corrected chi connectivity index (χ1v) is 14.8. The van der Waals surface area contributed by atoms with Gasteiger partial charge in [0.1, 0.15) is 18.3 Å². The molecule has 0 heterocycles. The van der Waals surface area contributed by atoms with Crippen LogP contribution in [0.4, 0.5) is 5.69 Å². The van der Waals surface area contributed by atoms with Gasteiger partial charge in [-0.3, -0.25) is 13.9 Å². The fourth-order valence-electron chi connectivity index (χ4n) is 4.36. The number of halogens is 2. The Labute approximate surface area is 228 Å². The van der Waals surface area contributed by atoms with Crippen LogP contribution in [0.15, 0.2) is 42.5 Å². The van der Waals surface area contributed by atoms with Crippen LogP contribution in [0, 0.1) is 0 Å². The third-order valence-corrected chi connectivity index (χ3v) is 8.15. The van der Waals surface area contributed by atoms with Crippen molar-refractivity contribution in [1.82, 2.24) is 10.2 Å². The second-order valence-corrected chi connectivity index (χ2v) is 12.0. The molecular formula is C26H33Cl2N3O5S. The maximum absolute atomic E-state index is 13.7. The van der Waals surface area contributed by atoms with Gasteiger partial charge in [0.05, 0.1) is 24.1 Å². The van der Waals surface area contributed by atoms with Gasteiger partial charge in [0.2, 0.25) is 21.8 Å². The van der Waals surface area contributed by atoms with Crippen molar-refractivity contribution in [2.24, 2.45) is 0 Å². The maximum Gasteiger partial charge on any atom is 0.244 e. The van der Waals surface area contributed by atoms with Crippen LogP contribution in [0.5, 0.6) is 5.75 Å². The second kappa shape index (κ2) is 12.8. The lowest BCUT2D eigenvalue weighted by atomic mass is 9.95. The largest absolute Gasteiger partial charge is 0.497 e. The molecule has 2 aromatic carbocycles. The summed E-state index contributed by atoms with van der Waals surface area (Å²) in [6, 6.07) is 10.7. The van der Waals surface area contributed by atoms with Crippen LogP contribution in [0.25, 0.3) is 0 Å². The number of carbonyl (C=O) groups excluding carboxylic acids is 2. The maximum atomic E-state index is 13.7. The Kier molecular flexibility index (Phi) is 10.1. The Morgan fingerprint density at radius 2 is 1.73 bits per heavy atom. The minimum absolute atomic E-state index is 0.0713. The Hall–Kier alpha value is -2.49. The number of carbonyl (C=O) groups is 2. The molecule has 1 aliphatic rings. The SMILES string of the molecule is COc1ccc(CN(C(=O)CN(c2ccc(Cl)cc2Cl)S(C)(=O)=O)[C@H](C)C(=O)NC2CCCCC2)cc1. The molecule has 0 bridgehead atoms. The van der Waals surface area contributed by atoms with Gasteiger partial charge in [-0.25, -0.2) is 8.42 Å². The van der Waals surface area contributed by atoms with Crippen molar-refractivity contribution in [2.45, 2.75) is 57.7 Å². The molecule has 37 heavy (non-hydrogen) atoms. The summed E-state index contributed by atoms with van der Waals surface area (Å²) < 4.78 is 31.5. The van der Waals surface area contributed by atoms with Crippen molar-refractivity contribution >= 4 is 50.7 Å². The quantitative estimate of drug-likeness (QED) is 0.449. The molecule has 0 aromatic heterocycles. The predicted octanol–water partition coefficient (Wildman–Crippen LogP) is 4.63. The molecule has 2 amide bonds. The first-order valence-electron chi connectivity index (χ1n) is 12.1. The predicted molar refractivity (Wildman–Crippen MR) is 147 cm³/mol. The van der Waals surface area contributed by atoms with Gasteiger partial charge in [-0.05, 0) is 55.7 Å². The summed E-state index contributed by atoms with van der Waals surface area (Å²) in [5.41, 5.74) is 0.896. The van der Waals surface area contributed by atoms with Gasteiger partial charge in [-0.1, -0.05) is 54.6 Å². The van der Waals surface area contributed by atoms with Crippen LogP contribution >= 0.6 is 23.2 Å². The summed E-state index contributed by atoms with van der Waals surface area (Å²) in [6.45, 7) is 1.23. The first kappa shape index (κ1) is 29.1. The molecule has 11 heteroatoms. The Morgan fingerprint density at radius 1 is 1.08 bits per heavy atom. The number of hydrogen-bond donors (Lipinski definition) is 1. The highest BCUT2D eigenvalue weighted by molar-refractivity contribution is 7.92. The van der Waals surface area contributed by atoms with Gasteiger partial charge in [0.25, 0.3) is 0 Å². The standard InChI is InChI=1S/C26H33Cl2N3O5S/c1-18(26(33)29-21-7-5-4-6-8-21)30(16-19-9-12-22(36-2)13-10-19)25(32)17-31(37(3,34)35)24-14-11-20(27)15-23(24)28/h9-15,18,21H,4-8,16-17H2,1-3H3,(H,29,33)/t18-/m1/s1. The van der Waals surface area contributed by atoms with E-state index in [4.69, 9.17) is 27.9 Å². The number of ether oxygens (including phenoxy) is 1. The molecule has 1 aliphatic carbocycles. The van der Waals surface area contributed by atoms with Crippen molar-refractivity contribution in [3.8, 4) is 5.75 Å². The van der Waals surface area contributed by atoms with Crippen LogP contribution < -0.4 is 14.4 Å². The van der Waals surface area contributed by atoms with Gasteiger partial charge in [-0.2, -0.15) is 0 Å². The third kappa shape index (κ3) is 7.99. The molecule has 1 atom stereocenters. The van der Waals surface area contributed by atoms with Crippen LogP contribution in [0.2, 0.25) is 10.0 Å². The molecule has 8 nitrogen and oxygen atoms in total. The van der Waals surface area contributed by atoms with Crippen LogP contribution in [-0.4, -0.2) is 57.1 Å². The number of rotatable bonds is 10. The van der Waals surface area contributed by atoms with E-state index in [1.165, 1.54) is 23.1 Å². The lowest BCUT2D eigenvalue weighted by Crippen LogP contribution is -2.53. The van der Waals surface area contributed by atoms with Gasteiger partial charge >= 0.3 is 0 Å². The Bertz CT molecular complexity index is 1200.